The van der Waals surface area contributed by atoms with Crippen LogP contribution in [0.2, 0.25) is 0 Å². The Bertz CT molecular complexity index is 963. The zero-order valence-electron chi connectivity index (χ0n) is 16.1. The van der Waals surface area contributed by atoms with Gasteiger partial charge in [0.1, 0.15) is 11.5 Å². The summed E-state index contributed by atoms with van der Waals surface area (Å²) in [6.45, 7) is 5.66. The maximum Gasteiger partial charge on any atom is 0.213 e. The number of nitrogens with zero attached hydrogens (tertiary/aromatic N) is 3. The molecule has 0 amide bonds. The average Bonchev–Trinajstić information content (AvgIpc) is 3.04. The molecule has 1 aliphatic heterocycles. The first-order valence-electron chi connectivity index (χ1n) is 9.72. The molecule has 1 aromatic carbocycles. The highest BCUT2D eigenvalue weighted by Crippen LogP contribution is 2.23. The van der Waals surface area contributed by atoms with Gasteiger partial charge in [-0.1, -0.05) is 36.4 Å². The lowest BCUT2D eigenvalue weighted by atomic mass is 10.0. The summed E-state index contributed by atoms with van der Waals surface area (Å²) in [7, 11) is 0. The Balaban J connectivity index is 1.65. The number of aromatic nitrogens is 2. The van der Waals surface area contributed by atoms with E-state index in [4.69, 9.17) is 0 Å². The summed E-state index contributed by atoms with van der Waals surface area (Å²) in [4.78, 5) is 24.6. The van der Waals surface area contributed by atoms with E-state index in [1.807, 2.05) is 61.7 Å². The van der Waals surface area contributed by atoms with Gasteiger partial charge < -0.3 is 10.2 Å². The molecular formula is C23H24N4O. The predicted octanol–water partition coefficient (Wildman–Crippen LogP) is 3.48. The molecule has 2 aromatic heterocycles. The van der Waals surface area contributed by atoms with Crippen molar-refractivity contribution < 1.29 is 4.79 Å². The normalized spacial score (nSPS) is 14.5. The molecule has 142 valence electrons. The van der Waals surface area contributed by atoms with Crippen molar-refractivity contribution >= 4 is 11.6 Å². The molecule has 4 rings (SSSR count). The van der Waals surface area contributed by atoms with Crippen LogP contribution in [0.5, 0.6) is 0 Å². The van der Waals surface area contributed by atoms with E-state index >= 15 is 0 Å². The zero-order chi connectivity index (χ0) is 19.3. The van der Waals surface area contributed by atoms with Crippen molar-refractivity contribution in [2.24, 2.45) is 0 Å². The van der Waals surface area contributed by atoms with Crippen molar-refractivity contribution in [2.75, 3.05) is 31.1 Å². The number of pyridine rings is 2. The van der Waals surface area contributed by atoms with Crippen LogP contribution in [-0.4, -0.2) is 41.9 Å². The van der Waals surface area contributed by atoms with Gasteiger partial charge in [-0.05, 0) is 43.7 Å². The topological polar surface area (TPSA) is 58.1 Å². The number of hydrogen-bond acceptors (Lipinski definition) is 5. The van der Waals surface area contributed by atoms with Crippen molar-refractivity contribution in [3.05, 3.63) is 77.7 Å². The number of aryl methyl sites for hydroxylation is 1. The molecule has 0 radical (unpaired) electrons. The molecule has 3 aromatic rings. The first kappa shape index (κ1) is 18.3. The highest BCUT2D eigenvalue weighted by molar-refractivity contribution is 6.09. The van der Waals surface area contributed by atoms with E-state index < -0.39 is 0 Å². The molecule has 28 heavy (non-hydrogen) atoms. The largest absolute Gasteiger partial charge is 0.355 e. The van der Waals surface area contributed by atoms with Crippen molar-refractivity contribution in [3.63, 3.8) is 0 Å². The lowest BCUT2D eigenvalue weighted by Crippen LogP contribution is -2.29. The summed E-state index contributed by atoms with van der Waals surface area (Å²) in [5.74, 6) is 0.775. The predicted molar refractivity (Wildman–Crippen MR) is 112 cm³/mol. The summed E-state index contributed by atoms with van der Waals surface area (Å²) in [5, 5.41) is 3.39. The number of nitrogens with one attached hydrogen (secondary N) is 1. The Morgan fingerprint density at radius 3 is 2.71 bits per heavy atom. The van der Waals surface area contributed by atoms with Crippen LogP contribution in [0.4, 0.5) is 5.82 Å². The van der Waals surface area contributed by atoms with Gasteiger partial charge in [0, 0.05) is 42.7 Å². The van der Waals surface area contributed by atoms with E-state index in [9.17, 15) is 4.79 Å². The van der Waals surface area contributed by atoms with Gasteiger partial charge in [-0.15, -0.1) is 0 Å². The summed E-state index contributed by atoms with van der Waals surface area (Å²) < 4.78 is 0. The molecule has 5 heteroatoms. The summed E-state index contributed by atoms with van der Waals surface area (Å²) in [5.41, 5.74) is 3.76. The summed E-state index contributed by atoms with van der Waals surface area (Å²) in [6, 6.07) is 17.6. The SMILES string of the molecule is Cc1ncc(-c2ccccc2)cc1C(=O)c1cccc(N2CCCNCC2)n1. The molecular weight excluding hydrogens is 348 g/mol. The van der Waals surface area contributed by atoms with E-state index in [0.717, 1.165) is 55.2 Å². The van der Waals surface area contributed by atoms with Gasteiger partial charge in [-0.2, -0.15) is 0 Å². The van der Waals surface area contributed by atoms with Gasteiger partial charge in [-0.25, -0.2) is 4.98 Å². The third-order valence-electron chi connectivity index (χ3n) is 5.07. The molecule has 0 unspecified atom stereocenters. The van der Waals surface area contributed by atoms with E-state index in [2.05, 4.69) is 20.2 Å². The molecule has 0 aliphatic carbocycles. The fourth-order valence-corrected chi connectivity index (χ4v) is 3.49. The quantitative estimate of drug-likeness (QED) is 0.711. The molecule has 1 saturated heterocycles. The number of anilines is 1. The Hall–Kier alpha value is -3.05. The second-order valence-corrected chi connectivity index (χ2v) is 7.02. The van der Waals surface area contributed by atoms with E-state index in [1.165, 1.54) is 0 Å². The lowest BCUT2D eigenvalue weighted by molar-refractivity contribution is 0.103. The molecule has 1 aliphatic rings. The number of hydrogen-bond donors (Lipinski definition) is 1. The van der Waals surface area contributed by atoms with Crippen LogP contribution in [0.3, 0.4) is 0 Å². The first-order valence-corrected chi connectivity index (χ1v) is 9.72. The van der Waals surface area contributed by atoms with E-state index in [-0.39, 0.29) is 5.78 Å². The maximum absolute atomic E-state index is 13.2. The van der Waals surface area contributed by atoms with E-state index in [0.29, 0.717) is 11.3 Å². The van der Waals surface area contributed by atoms with Crippen LogP contribution in [0, 0.1) is 6.92 Å². The smallest absolute Gasteiger partial charge is 0.213 e. The van der Waals surface area contributed by atoms with Gasteiger partial charge in [0.25, 0.3) is 0 Å². The average molecular weight is 372 g/mol. The second kappa shape index (κ2) is 8.31. The van der Waals surface area contributed by atoms with Gasteiger partial charge >= 0.3 is 0 Å². The number of carbonyl (C=O) groups excluding carboxylic acids is 1. The van der Waals surface area contributed by atoms with Crippen LogP contribution < -0.4 is 10.2 Å². The molecule has 3 heterocycles. The molecule has 0 saturated carbocycles. The van der Waals surface area contributed by atoms with Crippen LogP contribution in [-0.2, 0) is 0 Å². The van der Waals surface area contributed by atoms with Crippen LogP contribution in [0.25, 0.3) is 11.1 Å². The number of ketones is 1. The Morgan fingerprint density at radius 2 is 1.86 bits per heavy atom. The van der Waals surface area contributed by atoms with Gasteiger partial charge in [0.05, 0.1) is 0 Å². The first-order chi connectivity index (χ1) is 13.7. The van der Waals surface area contributed by atoms with Crippen LogP contribution in [0.1, 0.15) is 28.2 Å². The Kier molecular flexibility index (Phi) is 5.44. The van der Waals surface area contributed by atoms with Gasteiger partial charge in [0.15, 0.2) is 0 Å². The standard InChI is InChI=1S/C23H24N4O/c1-17-20(15-19(16-25-17)18-7-3-2-4-8-18)23(28)21-9-5-10-22(26-21)27-13-6-11-24-12-14-27/h2-5,7-10,15-16,24H,6,11-14H2,1H3. The Morgan fingerprint density at radius 1 is 1.00 bits per heavy atom. The van der Waals surface area contributed by atoms with Gasteiger partial charge in [0.2, 0.25) is 5.78 Å². The molecule has 1 fully saturated rings. The third kappa shape index (κ3) is 3.94. The second-order valence-electron chi connectivity index (χ2n) is 7.02. The monoisotopic (exact) mass is 372 g/mol. The van der Waals surface area contributed by atoms with Crippen LogP contribution in [0.15, 0.2) is 60.8 Å². The third-order valence-corrected chi connectivity index (χ3v) is 5.07. The molecule has 0 atom stereocenters. The van der Waals surface area contributed by atoms with Crippen molar-refractivity contribution in [1.82, 2.24) is 15.3 Å². The van der Waals surface area contributed by atoms with E-state index in [1.54, 1.807) is 6.07 Å². The number of carbonyl (C=O) groups is 1. The minimum atomic E-state index is -0.0856. The molecule has 0 bridgehead atoms. The number of rotatable bonds is 4. The van der Waals surface area contributed by atoms with Crippen LogP contribution >= 0.6 is 0 Å². The fraction of sp³-hybridized carbons (Fsp3) is 0.261. The zero-order valence-corrected chi connectivity index (χ0v) is 16.1. The van der Waals surface area contributed by atoms with Crippen molar-refractivity contribution in [2.45, 2.75) is 13.3 Å². The lowest BCUT2D eigenvalue weighted by Gasteiger charge is -2.21. The highest BCUT2D eigenvalue weighted by atomic mass is 16.1. The highest BCUT2D eigenvalue weighted by Gasteiger charge is 2.18. The van der Waals surface area contributed by atoms with Crippen molar-refractivity contribution in [3.8, 4) is 11.1 Å². The summed E-state index contributed by atoms with van der Waals surface area (Å²) in [6.07, 6.45) is 2.89. The number of benzene rings is 1. The van der Waals surface area contributed by atoms with Crippen molar-refractivity contribution in [1.29, 1.82) is 0 Å². The van der Waals surface area contributed by atoms with Gasteiger partial charge in [-0.3, -0.25) is 9.78 Å². The summed E-state index contributed by atoms with van der Waals surface area (Å²) >= 11 is 0. The minimum absolute atomic E-state index is 0.0856. The molecule has 1 N–H and O–H groups in total. The fourth-order valence-electron chi connectivity index (χ4n) is 3.49. The minimum Gasteiger partial charge on any atom is -0.355 e. The molecule has 0 spiro atoms. The Labute approximate surface area is 165 Å². The maximum atomic E-state index is 13.2. The molecule has 5 nitrogen and oxygen atoms in total.